The second-order valence-electron chi connectivity index (χ2n) is 7.09. The van der Waals surface area contributed by atoms with Crippen LogP contribution in [0.5, 0.6) is 0 Å². The summed E-state index contributed by atoms with van der Waals surface area (Å²) in [4.78, 5) is 49.2. The number of carbonyl (C=O) groups excluding carboxylic acids is 1. The number of rotatable bonds is 7. The minimum Gasteiger partial charge on any atom is -0.481 e. The SMILES string of the molecule is Cc1cn([C@H]2CC(NC(=O)OCc3ccccc3)[C@@H](CCC(=O)O)O2)c(=O)[nH]c1=O. The van der Waals surface area contributed by atoms with Crippen molar-refractivity contribution in [1.29, 1.82) is 0 Å². The number of aromatic amines is 1. The first-order chi connectivity index (χ1) is 14.3. The van der Waals surface area contributed by atoms with Crippen molar-refractivity contribution in [3.8, 4) is 0 Å². The number of carboxylic acid groups (broad SMARTS) is 1. The highest BCUT2D eigenvalue weighted by atomic mass is 16.6. The summed E-state index contributed by atoms with van der Waals surface area (Å²) in [5.74, 6) is -0.996. The second-order valence-corrected chi connectivity index (χ2v) is 7.09. The van der Waals surface area contributed by atoms with Crippen LogP contribution in [0.3, 0.4) is 0 Å². The maximum atomic E-state index is 12.2. The number of nitrogens with zero attached hydrogens (tertiary/aromatic N) is 1. The standard InChI is InChI=1S/C20H23N3O7/c1-12-10-23(19(27)22-18(12)26)16-9-14(15(30-16)7-8-17(24)25)21-20(28)29-11-13-5-3-2-4-6-13/h2-6,10,14-16H,7-9,11H2,1H3,(H,21,28)(H,24,25)(H,22,26,27)/t14?,15-,16-/m1/s1. The number of aryl methyl sites for hydroxylation is 1. The second kappa shape index (κ2) is 9.40. The highest BCUT2D eigenvalue weighted by Crippen LogP contribution is 2.30. The van der Waals surface area contributed by atoms with Crippen molar-refractivity contribution in [3.63, 3.8) is 0 Å². The molecule has 10 heteroatoms. The third-order valence-corrected chi connectivity index (χ3v) is 4.85. The molecule has 10 nitrogen and oxygen atoms in total. The van der Waals surface area contributed by atoms with E-state index in [4.69, 9.17) is 14.6 Å². The van der Waals surface area contributed by atoms with E-state index in [1.807, 2.05) is 30.3 Å². The number of amides is 1. The minimum absolute atomic E-state index is 0.0854. The van der Waals surface area contributed by atoms with Crippen LogP contribution in [0.2, 0.25) is 0 Å². The van der Waals surface area contributed by atoms with Crippen molar-refractivity contribution in [3.05, 3.63) is 68.5 Å². The summed E-state index contributed by atoms with van der Waals surface area (Å²) in [6.07, 6.45) is -0.466. The monoisotopic (exact) mass is 417 g/mol. The number of H-pyrrole nitrogens is 1. The minimum atomic E-state index is -0.996. The van der Waals surface area contributed by atoms with Crippen LogP contribution >= 0.6 is 0 Å². The number of carboxylic acids is 1. The number of aromatic nitrogens is 2. The molecule has 3 atom stereocenters. The Bertz CT molecular complexity index is 1020. The van der Waals surface area contributed by atoms with Gasteiger partial charge in [0.25, 0.3) is 5.56 Å². The number of hydrogen-bond acceptors (Lipinski definition) is 6. The van der Waals surface area contributed by atoms with E-state index in [9.17, 15) is 19.2 Å². The van der Waals surface area contributed by atoms with Gasteiger partial charge in [-0.2, -0.15) is 0 Å². The zero-order valence-corrected chi connectivity index (χ0v) is 16.4. The largest absolute Gasteiger partial charge is 0.481 e. The van der Waals surface area contributed by atoms with E-state index < -0.39 is 41.7 Å². The number of alkyl carbamates (subject to hydrolysis) is 1. The fraction of sp³-hybridized carbons (Fsp3) is 0.400. The molecule has 1 unspecified atom stereocenters. The molecular formula is C20H23N3O7. The Hall–Kier alpha value is -3.40. The number of nitrogens with one attached hydrogen (secondary N) is 2. The van der Waals surface area contributed by atoms with Gasteiger partial charge < -0.3 is 19.9 Å². The van der Waals surface area contributed by atoms with Crippen LogP contribution in [0.1, 0.15) is 36.6 Å². The Kier molecular flexibility index (Phi) is 6.68. The molecule has 1 saturated heterocycles. The van der Waals surface area contributed by atoms with Gasteiger partial charge in [0, 0.05) is 24.6 Å². The quantitative estimate of drug-likeness (QED) is 0.617. The smallest absolute Gasteiger partial charge is 0.407 e. The van der Waals surface area contributed by atoms with Crippen LogP contribution in [0.25, 0.3) is 0 Å². The molecule has 30 heavy (non-hydrogen) atoms. The van der Waals surface area contributed by atoms with Gasteiger partial charge in [-0.3, -0.25) is 19.1 Å². The Balaban J connectivity index is 1.69. The molecule has 2 aromatic rings. The summed E-state index contributed by atoms with van der Waals surface area (Å²) in [5.41, 5.74) is 0.0283. The molecule has 1 fully saturated rings. The lowest BCUT2D eigenvalue weighted by atomic mass is 10.1. The van der Waals surface area contributed by atoms with Crippen molar-refractivity contribution >= 4 is 12.1 Å². The van der Waals surface area contributed by atoms with Crippen LogP contribution in [0, 0.1) is 6.92 Å². The number of hydrogen-bond donors (Lipinski definition) is 3. The molecule has 1 aromatic heterocycles. The van der Waals surface area contributed by atoms with Crippen molar-refractivity contribution in [1.82, 2.24) is 14.9 Å². The molecule has 0 spiro atoms. The lowest BCUT2D eigenvalue weighted by Gasteiger charge is -2.18. The van der Waals surface area contributed by atoms with E-state index in [2.05, 4.69) is 10.3 Å². The van der Waals surface area contributed by atoms with Crippen molar-refractivity contribution in [2.24, 2.45) is 0 Å². The number of benzene rings is 1. The van der Waals surface area contributed by atoms with Crippen molar-refractivity contribution in [2.45, 2.75) is 51.2 Å². The van der Waals surface area contributed by atoms with Crippen LogP contribution in [0.4, 0.5) is 4.79 Å². The Morgan fingerprint density at radius 1 is 1.30 bits per heavy atom. The molecule has 2 heterocycles. The summed E-state index contributed by atoms with van der Waals surface area (Å²) in [5, 5.41) is 11.7. The molecule has 0 bridgehead atoms. The zero-order chi connectivity index (χ0) is 21.7. The predicted molar refractivity (Wildman–Crippen MR) is 105 cm³/mol. The van der Waals surface area contributed by atoms with Gasteiger partial charge in [0.2, 0.25) is 0 Å². The normalized spacial score (nSPS) is 20.6. The van der Waals surface area contributed by atoms with E-state index in [1.54, 1.807) is 6.92 Å². The molecule has 160 valence electrons. The van der Waals surface area contributed by atoms with E-state index >= 15 is 0 Å². The third-order valence-electron chi connectivity index (χ3n) is 4.85. The zero-order valence-electron chi connectivity index (χ0n) is 16.4. The lowest BCUT2D eigenvalue weighted by Crippen LogP contribution is -2.41. The Morgan fingerprint density at radius 3 is 2.73 bits per heavy atom. The average molecular weight is 417 g/mol. The van der Waals surface area contributed by atoms with Gasteiger partial charge in [0.05, 0.1) is 12.1 Å². The molecule has 0 aliphatic carbocycles. The average Bonchev–Trinajstić information content (AvgIpc) is 3.10. The topological polar surface area (TPSA) is 140 Å². The van der Waals surface area contributed by atoms with Crippen molar-refractivity contribution in [2.75, 3.05) is 0 Å². The highest BCUT2D eigenvalue weighted by molar-refractivity contribution is 5.68. The van der Waals surface area contributed by atoms with E-state index in [0.29, 0.717) is 5.56 Å². The molecule has 1 aliphatic rings. The summed E-state index contributed by atoms with van der Waals surface area (Å²) in [7, 11) is 0. The summed E-state index contributed by atoms with van der Waals surface area (Å²) < 4.78 is 12.3. The molecule has 1 aromatic carbocycles. The van der Waals surface area contributed by atoms with Gasteiger partial charge in [-0.05, 0) is 18.9 Å². The number of ether oxygens (including phenoxy) is 2. The van der Waals surface area contributed by atoms with Gasteiger partial charge in [-0.1, -0.05) is 30.3 Å². The van der Waals surface area contributed by atoms with Crippen LogP contribution in [-0.4, -0.2) is 38.9 Å². The maximum Gasteiger partial charge on any atom is 0.407 e. The summed E-state index contributed by atoms with van der Waals surface area (Å²) >= 11 is 0. The summed E-state index contributed by atoms with van der Waals surface area (Å²) in [6, 6.07) is 8.60. The summed E-state index contributed by atoms with van der Waals surface area (Å²) in [6.45, 7) is 1.64. The Labute approximate surface area is 171 Å². The molecule has 0 saturated carbocycles. The van der Waals surface area contributed by atoms with Gasteiger partial charge >= 0.3 is 17.8 Å². The third kappa shape index (κ3) is 5.35. The van der Waals surface area contributed by atoms with E-state index in [1.165, 1.54) is 10.8 Å². The molecule has 0 radical (unpaired) electrons. The van der Waals surface area contributed by atoms with Gasteiger partial charge in [-0.25, -0.2) is 9.59 Å². The lowest BCUT2D eigenvalue weighted by molar-refractivity contribution is -0.138. The van der Waals surface area contributed by atoms with Crippen LogP contribution in [0.15, 0.2) is 46.1 Å². The maximum absolute atomic E-state index is 12.2. The molecular weight excluding hydrogens is 394 g/mol. The van der Waals surface area contributed by atoms with Gasteiger partial charge in [0.15, 0.2) is 0 Å². The molecule has 3 N–H and O–H groups in total. The molecule has 1 amide bonds. The van der Waals surface area contributed by atoms with Crippen LogP contribution in [-0.2, 0) is 20.9 Å². The predicted octanol–water partition coefficient (Wildman–Crippen LogP) is 1.29. The fourth-order valence-corrected chi connectivity index (χ4v) is 3.30. The van der Waals surface area contributed by atoms with Gasteiger partial charge in [-0.15, -0.1) is 0 Å². The van der Waals surface area contributed by atoms with Gasteiger partial charge in [0.1, 0.15) is 12.8 Å². The van der Waals surface area contributed by atoms with E-state index in [0.717, 1.165) is 5.56 Å². The van der Waals surface area contributed by atoms with Crippen molar-refractivity contribution < 1.29 is 24.2 Å². The highest BCUT2D eigenvalue weighted by Gasteiger charge is 2.38. The Morgan fingerprint density at radius 2 is 2.03 bits per heavy atom. The first kappa shape index (κ1) is 21.3. The first-order valence-electron chi connectivity index (χ1n) is 9.50. The van der Waals surface area contributed by atoms with E-state index in [-0.39, 0.29) is 25.9 Å². The van der Waals surface area contributed by atoms with Crippen LogP contribution < -0.4 is 16.6 Å². The first-order valence-corrected chi connectivity index (χ1v) is 9.50. The molecule has 3 rings (SSSR count). The molecule has 1 aliphatic heterocycles. The number of carbonyl (C=O) groups is 2. The number of aliphatic carboxylic acids is 1. The fourth-order valence-electron chi connectivity index (χ4n) is 3.30.